The fourth-order valence-corrected chi connectivity index (χ4v) is 7.14. The van der Waals surface area contributed by atoms with Gasteiger partial charge in [0.05, 0.1) is 11.0 Å². The standard InChI is InChI=1S/C38H23N3O/c1-2-8-22(9-3-1)24-14-16-31-32(21-24)39-36-30-20-25(23-15-17-35-28(18-23)27-11-5-7-13-34(27)42-35)19-29-26-10-4-6-12-33(26)41(37(29)30)38(36)40-31/h1-21,38,40H/p+1. The van der Waals surface area contributed by atoms with E-state index in [-0.39, 0.29) is 6.17 Å². The van der Waals surface area contributed by atoms with Crippen LogP contribution in [0.4, 0.5) is 11.4 Å². The van der Waals surface area contributed by atoms with E-state index in [1.165, 1.54) is 55.3 Å². The van der Waals surface area contributed by atoms with Gasteiger partial charge in [-0.05, 0) is 70.8 Å². The number of nitrogens with two attached hydrogens (primary N) is 1. The summed E-state index contributed by atoms with van der Waals surface area (Å²) in [6.45, 7) is 0. The Kier molecular flexibility index (Phi) is 4.27. The van der Waals surface area contributed by atoms with Crippen molar-refractivity contribution in [1.82, 2.24) is 4.57 Å². The molecule has 0 bridgehead atoms. The highest BCUT2D eigenvalue weighted by molar-refractivity contribution is 6.24. The van der Waals surface area contributed by atoms with E-state index in [1.54, 1.807) is 0 Å². The van der Waals surface area contributed by atoms with E-state index in [4.69, 9.17) is 9.41 Å². The molecule has 6 aromatic carbocycles. The van der Waals surface area contributed by atoms with E-state index in [0.29, 0.717) is 0 Å². The molecule has 42 heavy (non-hydrogen) atoms. The summed E-state index contributed by atoms with van der Waals surface area (Å²) in [4.78, 5) is 5.38. The molecule has 0 fully saturated rings. The van der Waals surface area contributed by atoms with Crippen LogP contribution in [0.15, 0.2) is 137 Å². The smallest absolute Gasteiger partial charge is 0.215 e. The molecule has 0 aliphatic carbocycles. The first-order chi connectivity index (χ1) is 20.8. The second-order valence-electron chi connectivity index (χ2n) is 11.4. The van der Waals surface area contributed by atoms with Crippen molar-refractivity contribution in [2.75, 3.05) is 0 Å². The highest BCUT2D eigenvalue weighted by Crippen LogP contribution is 2.45. The summed E-state index contributed by atoms with van der Waals surface area (Å²) in [6, 6.07) is 45.5. The van der Waals surface area contributed by atoms with Crippen molar-refractivity contribution < 1.29 is 9.73 Å². The minimum absolute atomic E-state index is 0.0630. The summed E-state index contributed by atoms with van der Waals surface area (Å²) < 4.78 is 8.62. The molecule has 4 heteroatoms. The molecule has 1 atom stereocenters. The molecule has 0 radical (unpaired) electrons. The van der Waals surface area contributed by atoms with Gasteiger partial charge in [0.2, 0.25) is 6.17 Å². The van der Waals surface area contributed by atoms with Crippen molar-refractivity contribution in [3.63, 3.8) is 0 Å². The van der Waals surface area contributed by atoms with Gasteiger partial charge in [0.1, 0.15) is 22.6 Å². The normalized spacial score (nSPS) is 15.4. The number of nitrogens with zero attached hydrogens (tertiary/aromatic N) is 2. The van der Waals surface area contributed by atoms with E-state index in [1.807, 2.05) is 12.1 Å². The largest absolute Gasteiger partial charge is 0.456 e. The van der Waals surface area contributed by atoms with Gasteiger partial charge in [-0.15, -0.1) is 0 Å². The Morgan fingerprint density at radius 1 is 0.571 bits per heavy atom. The summed E-state index contributed by atoms with van der Waals surface area (Å²) in [7, 11) is 0. The molecular formula is C38H24N3O+. The van der Waals surface area contributed by atoms with Crippen molar-refractivity contribution >= 4 is 60.8 Å². The topological polar surface area (TPSA) is 47.0 Å². The Morgan fingerprint density at radius 2 is 1.31 bits per heavy atom. The number of benzene rings is 6. The summed E-state index contributed by atoms with van der Waals surface area (Å²) in [5, 5.41) is 7.24. The lowest BCUT2D eigenvalue weighted by molar-refractivity contribution is -0.614. The van der Waals surface area contributed by atoms with Crippen LogP contribution in [0.3, 0.4) is 0 Å². The number of para-hydroxylation sites is 2. The highest BCUT2D eigenvalue weighted by atomic mass is 16.3. The van der Waals surface area contributed by atoms with Crippen molar-refractivity contribution in [2.24, 2.45) is 4.99 Å². The average Bonchev–Trinajstić information content (AvgIpc) is 3.70. The molecule has 2 N–H and O–H groups in total. The maximum Gasteiger partial charge on any atom is 0.215 e. The van der Waals surface area contributed by atoms with E-state index in [9.17, 15) is 0 Å². The zero-order valence-corrected chi connectivity index (χ0v) is 22.6. The van der Waals surface area contributed by atoms with Crippen LogP contribution < -0.4 is 5.32 Å². The van der Waals surface area contributed by atoms with Crippen LogP contribution in [0.25, 0.3) is 66.0 Å². The third kappa shape index (κ3) is 2.96. The molecule has 8 aromatic rings. The lowest BCUT2D eigenvalue weighted by atomic mass is 9.95. The van der Waals surface area contributed by atoms with Crippen molar-refractivity contribution in [3.05, 3.63) is 133 Å². The second kappa shape index (κ2) is 8.06. The Morgan fingerprint density at radius 3 is 2.24 bits per heavy atom. The molecule has 2 aliphatic rings. The lowest BCUT2D eigenvalue weighted by Gasteiger charge is -2.21. The Bertz CT molecular complexity index is 2440. The van der Waals surface area contributed by atoms with Gasteiger partial charge in [-0.3, -0.25) is 9.88 Å². The van der Waals surface area contributed by atoms with Gasteiger partial charge >= 0.3 is 0 Å². The Hall–Kier alpha value is -5.45. The molecule has 1 unspecified atom stereocenters. The van der Waals surface area contributed by atoms with E-state index in [0.717, 1.165) is 33.3 Å². The first kappa shape index (κ1) is 22.3. The number of fused-ring (bicyclic) bond motifs is 10. The number of quaternary nitrogens is 1. The van der Waals surface area contributed by atoms with Crippen molar-refractivity contribution in [1.29, 1.82) is 0 Å². The zero-order chi connectivity index (χ0) is 27.4. The minimum Gasteiger partial charge on any atom is -0.456 e. The van der Waals surface area contributed by atoms with Gasteiger partial charge in [-0.25, -0.2) is 4.99 Å². The maximum atomic E-state index is 6.13. The number of rotatable bonds is 2. The van der Waals surface area contributed by atoms with Crippen LogP contribution in [0.1, 0.15) is 11.7 Å². The zero-order valence-electron chi connectivity index (χ0n) is 22.6. The van der Waals surface area contributed by atoms with Crippen LogP contribution in [0, 0.1) is 0 Å². The number of aliphatic imine (C=N–C) groups is 1. The maximum absolute atomic E-state index is 6.13. The molecule has 4 nitrogen and oxygen atoms in total. The molecule has 196 valence electrons. The fraction of sp³-hybridized carbons (Fsp3) is 0.0263. The molecule has 4 heterocycles. The number of hydrogen-bond acceptors (Lipinski definition) is 2. The first-order valence-electron chi connectivity index (χ1n) is 14.4. The van der Waals surface area contributed by atoms with Gasteiger partial charge in [0.25, 0.3) is 0 Å². The monoisotopic (exact) mass is 538 g/mol. The predicted molar refractivity (Wildman–Crippen MR) is 171 cm³/mol. The van der Waals surface area contributed by atoms with Crippen molar-refractivity contribution in [3.8, 4) is 22.3 Å². The van der Waals surface area contributed by atoms with Gasteiger partial charge in [0.15, 0.2) is 5.69 Å². The SMILES string of the molecule is c1ccc(-c2ccc3c(c2)N=C2c4cc(-c5ccc6oc7ccccc7c6c5)cc5c6ccccc6n(c45)C2[NH2+]3)cc1. The molecule has 0 saturated carbocycles. The Balaban J connectivity index is 1.21. The summed E-state index contributed by atoms with van der Waals surface area (Å²) in [5.74, 6) is 0. The lowest BCUT2D eigenvalue weighted by Crippen LogP contribution is -2.82. The first-order valence-corrected chi connectivity index (χ1v) is 14.4. The molecule has 0 saturated heterocycles. The van der Waals surface area contributed by atoms with E-state index in [2.05, 4.69) is 125 Å². The van der Waals surface area contributed by atoms with Gasteiger partial charge in [-0.1, -0.05) is 72.8 Å². The van der Waals surface area contributed by atoms with Crippen LogP contribution in [0.5, 0.6) is 0 Å². The van der Waals surface area contributed by atoms with Gasteiger partial charge < -0.3 is 4.42 Å². The van der Waals surface area contributed by atoms with Crippen LogP contribution >= 0.6 is 0 Å². The Labute approximate surface area is 241 Å². The third-order valence-electron chi connectivity index (χ3n) is 9.06. The third-order valence-corrected chi connectivity index (χ3v) is 9.06. The summed E-state index contributed by atoms with van der Waals surface area (Å²) >= 11 is 0. The van der Waals surface area contributed by atoms with Crippen LogP contribution in [-0.4, -0.2) is 10.3 Å². The van der Waals surface area contributed by atoms with E-state index >= 15 is 0 Å². The van der Waals surface area contributed by atoms with Crippen LogP contribution in [-0.2, 0) is 0 Å². The fourth-order valence-electron chi connectivity index (χ4n) is 7.14. The van der Waals surface area contributed by atoms with Crippen molar-refractivity contribution in [2.45, 2.75) is 6.17 Å². The summed E-state index contributed by atoms with van der Waals surface area (Å²) in [6.07, 6.45) is 0.0630. The number of hydrogen-bond donors (Lipinski definition) is 1. The second-order valence-corrected chi connectivity index (χ2v) is 11.4. The van der Waals surface area contributed by atoms with E-state index < -0.39 is 0 Å². The molecular weight excluding hydrogens is 514 g/mol. The molecule has 2 aliphatic heterocycles. The average molecular weight is 539 g/mol. The minimum atomic E-state index is 0.0630. The molecule has 0 amide bonds. The van der Waals surface area contributed by atoms with Gasteiger partial charge in [0, 0.05) is 33.2 Å². The molecule has 2 aromatic heterocycles. The highest BCUT2D eigenvalue weighted by Gasteiger charge is 2.39. The van der Waals surface area contributed by atoms with Crippen LogP contribution in [0.2, 0.25) is 0 Å². The molecule has 10 rings (SSSR count). The summed E-state index contributed by atoms with van der Waals surface area (Å²) in [5.41, 5.74) is 13.7. The predicted octanol–water partition coefficient (Wildman–Crippen LogP) is 8.87. The number of furan rings is 1. The quantitative estimate of drug-likeness (QED) is 0.220. The van der Waals surface area contributed by atoms with Gasteiger partial charge in [-0.2, -0.15) is 0 Å². The molecule has 0 spiro atoms. The number of aromatic nitrogens is 1.